The molecule has 2 rings (SSSR count). The topological polar surface area (TPSA) is 41.3 Å². The minimum Gasteiger partial charge on any atom is -0.401 e. The lowest BCUT2D eigenvalue weighted by atomic mass is 9.93. The summed E-state index contributed by atoms with van der Waals surface area (Å²) in [5.74, 6) is 0.595. The van der Waals surface area contributed by atoms with Gasteiger partial charge >= 0.3 is 0 Å². The number of nitrogens with zero attached hydrogens (tertiary/aromatic N) is 1. The van der Waals surface area contributed by atoms with Crippen LogP contribution in [-0.4, -0.2) is 31.1 Å². The Morgan fingerprint density at radius 2 is 2.15 bits per heavy atom. The van der Waals surface area contributed by atoms with Gasteiger partial charge in [-0.1, -0.05) is 0 Å². The lowest BCUT2D eigenvalue weighted by molar-refractivity contribution is 0.159. The Labute approximate surface area is 80.0 Å². The molecule has 1 aliphatic carbocycles. The highest BCUT2D eigenvalue weighted by atomic mass is 15.2. The van der Waals surface area contributed by atoms with Gasteiger partial charge in [0, 0.05) is 36.9 Å². The van der Waals surface area contributed by atoms with E-state index in [1.807, 2.05) is 6.20 Å². The van der Waals surface area contributed by atoms with Crippen LogP contribution in [0.25, 0.3) is 0 Å². The van der Waals surface area contributed by atoms with Crippen LogP contribution < -0.4 is 11.1 Å². The molecule has 1 heterocycles. The van der Waals surface area contributed by atoms with Crippen molar-refractivity contribution in [1.82, 2.24) is 10.2 Å². The number of rotatable bonds is 3. The van der Waals surface area contributed by atoms with Crippen LogP contribution in [0.2, 0.25) is 0 Å². The molecular weight excluding hydrogens is 162 g/mol. The van der Waals surface area contributed by atoms with Gasteiger partial charge < -0.3 is 16.0 Å². The molecule has 2 fully saturated rings. The second kappa shape index (κ2) is 3.58. The number of likely N-dealkylation sites (tertiary alicyclic amines) is 1. The van der Waals surface area contributed by atoms with Crippen LogP contribution in [-0.2, 0) is 0 Å². The van der Waals surface area contributed by atoms with Gasteiger partial charge in [-0.05, 0) is 26.3 Å². The Hall–Kier alpha value is -0.700. The number of hydrogen-bond donors (Lipinski definition) is 2. The maximum atomic E-state index is 5.94. The smallest absolute Gasteiger partial charge is 0.0297 e. The molecule has 0 unspecified atom stereocenters. The van der Waals surface area contributed by atoms with Gasteiger partial charge in [-0.3, -0.25) is 0 Å². The molecule has 0 amide bonds. The molecule has 74 valence electrons. The second-order valence-electron chi connectivity index (χ2n) is 4.36. The SMILES string of the molecule is CN1CC(/C(N)=C/NC2CCC2)C1. The summed E-state index contributed by atoms with van der Waals surface area (Å²) in [6, 6.07) is 0.705. The van der Waals surface area contributed by atoms with Gasteiger partial charge in [-0.2, -0.15) is 0 Å². The standard InChI is InChI=1S/C10H19N3/c1-13-6-8(7-13)10(11)5-12-9-3-2-4-9/h5,8-9,12H,2-4,6-7,11H2,1H3/b10-5-. The fourth-order valence-electron chi connectivity index (χ4n) is 1.82. The molecule has 1 saturated heterocycles. The number of nitrogens with one attached hydrogen (secondary N) is 1. The Morgan fingerprint density at radius 3 is 2.62 bits per heavy atom. The van der Waals surface area contributed by atoms with Crippen molar-refractivity contribution >= 4 is 0 Å². The van der Waals surface area contributed by atoms with Gasteiger partial charge in [0.05, 0.1) is 0 Å². The second-order valence-corrected chi connectivity index (χ2v) is 4.36. The van der Waals surface area contributed by atoms with Crippen LogP contribution in [0, 0.1) is 5.92 Å². The van der Waals surface area contributed by atoms with E-state index in [4.69, 9.17) is 5.73 Å². The van der Waals surface area contributed by atoms with Crippen LogP contribution in [0.4, 0.5) is 0 Å². The number of hydrogen-bond acceptors (Lipinski definition) is 3. The van der Waals surface area contributed by atoms with Gasteiger partial charge in [-0.25, -0.2) is 0 Å². The van der Waals surface area contributed by atoms with Crippen molar-refractivity contribution in [3.63, 3.8) is 0 Å². The van der Waals surface area contributed by atoms with Gasteiger partial charge in [-0.15, -0.1) is 0 Å². The highest BCUT2D eigenvalue weighted by Crippen LogP contribution is 2.20. The molecule has 0 aromatic rings. The molecule has 1 aliphatic heterocycles. The van der Waals surface area contributed by atoms with Crippen molar-refractivity contribution in [1.29, 1.82) is 0 Å². The third-order valence-corrected chi connectivity index (χ3v) is 3.13. The fourth-order valence-corrected chi connectivity index (χ4v) is 1.82. The zero-order valence-corrected chi connectivity index (χ0v) is 8.29. The maximum Gasteiger partial charge on any atom is 0.0297 e. The van der Waals surface area contributed by atoms with Crippen molar-refractivity contribution in [3.8, 4) is 0 Å². The summed E-state index contributed by atoms with van der Waals surface area (Å²) in [5.41, 5.74) is 6.97. The van der Waals surface area contributed by atoms with E-state index in [2.05, 4.69) is 17.3 Å². The first-order chi connectivity index (χ1) is 6.25. The van der Waals surface area contributed by atoms with E-state index in [0.717, 1.165) is 18.8 Å². The van der Waals surface area contributed by atoms with Crippen molar-refractivity contribution in [2.45, 2.75) is 25.3 Å². The predicted octanol–water partition coefficient (Wildman–Crippen LogP) is 0.490. The molecule has 0 radical (unpaired) electrons. The maximum absolute atomic E-state index is 5.94. The zero-order valence-electron chi connectivity index (χ0n) is 8.29. The van der Waals surface area contributed by atoms with E-state index in [1.165, 1.54) is 19.3 Å². The molecule has 0 bridgehead atoms. The molecule has 0 aromatic carbocycles. The zero-order chi connectivity index (χ0) is 9.26. The molecule has 3 N–H and O–H groups in total. The molecule has 3 nitrogen and oxygen atoms in total. The molecule has 0 atom stereocenters. The molecule has 13 heavy (non-hydrogen) atoms. The molecule has 3 heteroatoms. The first-order valence-corrected chi connectivity index (χ1v) is 5.16. The average Bonchev–Trinajstić information content (AvgIpc) is 1.95. The highest BCUT2D eigenvalue weighted by Gasteiger charge is 2.25. The normalized spacial score (nSPS) is 26.7. The third-order valence-electron chi connectivity index (χ3n) is 3.13. The first-order valence-electron chi connectivity index (χ1n) is 5.16. The summed E-state index contributed by atoms with van der Waals surface area (Å²) in [5, 5.41) is 3.38. The van der Waals surface area contributed by atoms with Crippen LogP contribution in [0.1, 0.15) is 19.3 Å². The summed E-state index contributed by atoms with van der Waals surface area (Å²) >= 11 is 0. The van der Waals surface area contributed by atoms with Crippen molar-refractivity contribution in [2.75, 3.05) is 20.1 Å². The lowest BCUT2D eigenvalue weighted by Gasteiger charge is -2.36. The van der Waals surface area contributed by atoms with Crippen LogP contribution in [0.3, 0.4) is 0 Å². The van der Waals surface area contributed by atoms with E-state index in [9.17, 15) is 0 Å². The lowest BCUT2D eigenvalue weighted by Crippen LogP contribution is -2.46. The van der Waals surface area contributed by atoms with E-state index >= 15 is 0 Å². The summed E-state index contributed by atoms with van der Waals surface area (Å²) in [7, 11) is 2.13. The van der Waals surface area contributed by atoms with Gasteiger partial charge in [0.2, 0.25) is 0 Å². The van der Waals surface area contributed by atoms with Gasteiger partial charge in [0.25, 0.3) is 0 Å². The van der Waals surface area contributed by atoms with E-state index in [1.54, 1.807) is 0 Å². The Kier molecular flexibility index (Phi) is 2.44. The van der Waals surface area contributed by atoms with Crippen LogP contribution in [0.5, 0.6) is 0 Å². The Morgan fingerprint density at radius 1 is 1.46 bits per heavy atom. The molecule has 1 saturated carbocycles. The minimum atomic E-state index is 0.595. The molecule has 0 aromatic heterocycles. The predicted molar refractivity (Wildman–Crippen MR) is 54.0 cm³/mol. The van der Waals surface area contributed by atoms with Crippen LogP contribution in [0.15, 0.2) is 11.9 Å². The van der Waals surface area contributed by atoms with Crippen molar-refractivity contribution < 1.29 is 0 Å². The fraction of sp³-hybridized carbons (Fsp3) is 0.800. The molecular formula is C10H19N3. The summed E-state index contributed by atoms with van der Waals surface area (Å²) in [6.45, 7) is 2.24. The van der Waals surface area contributed by atoms with Crippen molar-refractivity contribution in [3.05, 3.63) is 11.9 Å². The largest absolute Gasteiger partial charge is 0.401 e. The minimum absolute atomic E-state index is 0.595. The quantitative estimate of drug-likeness (QED) is 0.666. The molecule has 2 aliphatic rings. The highest BCUT2D eigenvalue weighted by molar-refractivity contribution is 5.07. The van der Waals surface area contributed by atoms with Gasteiger partial charge in [0.1, 0.15) is 0 Å². The van der Waals surface area contributed by atoms with Crippen LogP contribution >= 0.6 is 0 Å². The summed E-state index contributed by atoms with van der Waals surface area (Å²) < 4.78 is 0. The number of nitrogens with two attached hydrogens (primary N) is 1. The molecule has 0 spiro atoms. The summed E-state index contributed by atoms with van der Waals surface area (Å²) in [4.78, 5) is 2.29. The van der Waals surface area contributed by atoms with E-state index in [0.29, 0.717) is 12.0 Å². The van der Waals surface area contributed by atoms with E-state index < -0.39 is 0 Å². The van der Waals surface area contributed by atoms with E-state index in [-0.39, 0.29) is 0 Å². The Bertz CT molecular complexity index is 202. The Balaban J connectivity index is 1.72. The third kappa shape index (κ3) is 1.97. The monoisotopic (exact) mass is 181 g/mol. The van der Waals surface area contributed by atoms with Gasteiger partial charge in [0.15, 0.2) is 0 Å². The van der Waals surface area contributed by atoms with Crippen molar-refractivity contribution in [2.24, 2.45) is 11.7 Å². The summed E-state index contributed by atoms with van der Waals surface area (Å²) in [6.07, 6.45) is 6.03. The average molecular weight is 181 g/mol. The first kappa shape index (κ1) is 8.88.